The Hall–Kier alpha value is -2.11. The topological polar surface area (TPSA) is 59.9 Å². The molecule has 1 N–H and O–H groups in total. The summed E-state index contributed by atoms with van der Waals surface area (Å²) in [5.74, 6) is 0.0390. The van der Waals surface area contributed by atoms with E-state index >= 15 is 0 Å². The number of carbonyl (C=O) groups excluding carboxylic acids is 1. The Morgan fingerprint density at radius 1 is 1.29 bits per heavy atom. The van der Waals surface area contributed by atoms with E-state index in [1.165, 1.54) is 12.1 Å². The van der Waals surface area contributed by atoms with Crippen LogP contribution in [0, 0.1) is 5.82 Å². The van der Waals surface area contributed by atoms with Crippen molar-refractivity contribution in [2.24, 2.45) is 5.16 Å². The van der Waals surface area contributed by atoms with Gasteiger partial charge in [-0.25, -0.2) is 4.39 Å². The standard InChI is InChI=1S/C18H27FN2O3/c1-5-6-7-17(24-21-13(2)3)18(22)20-12-14(4)23-16-10-8-15(19)9-11-16/h8-11,14,17H,5-7,12H2,1-4H3,(H,20,22)/t14-,17+/m0/s1. The number of nitrogens with one attached hydrogen (secondary N) is 1. The van der Waals surface area contributed by atoms with Gasteiger partial charge in [-0.15, -0.1) is 0 Å². The molecule has 1 rings (SSSR count). The first-order valence-corrected chi connectivity index (χ1v) is 8.29. The van der Waals surface area contributed by atoms with Crippen LogP contribution in [0.5, 0.6) is 5.75 Å². The van der Waals surface area contributed by atoms with Gasteiger partial charge in [0, 0.05) is 0 Å². The summed E-state index contributed by atoms with van der Waals surface area (Å²) < 4.78 is 18.5. The van der Waals surface area contributed by atoms with Gasteiger partial charge >= 0.3 is 0 Å². The molecule has 1 aromatic rings. The summed E-state index contributed by atoms with van der Waals surface area (Å²) in [6, 6.07) is 5.78. The highest BCUT2D eigenvalue weighted by Gasteiger charge is 2.20. The van der Waals surface area contributed by atoms with Crippen LogP contribution < -0.4 is 10.1 Å². The summed E-state index contributed by atoms with van der Waals surface area (Å²) in [6.07, 6.45) is 1.64. The number of unbranched alkanes of at least 4 members (excludes halogenated alkanes) is 1. The molecule has 6 heteroatoms. The first kappa shape index (κ1) is 19.9. The van der Waals surface area contributed by atoms with Crippen LogP contribution in [-0.2, 0) is 9.63 Å². The first-order chi connectivity index (χ1) is 11.4. The van der Waals surface area contributed by atoms with E-state index in [1.807, 2.05) is 20.8 Å². The molecule has 0 aliphatic heterocycles. The third kappa shape index (κ3) is 7.94. The Kier molecular flexibility index (Phi) is 8.83. The molecular formula is C18H27FN2O3. The molecule has 0 aromatic heterocycles. The summed E-state index contributed by atoms with van der Waals surface area (Å²) in [5, 5.41) is 6.71. The van der Waals surface area contributed by atoms with Crippen LogP contribution in [0.15, 0.2) is 29.4 Å². The Bertz CT molecular complexity index is 528. The van der Waals surface area contributed by atoms with E-state index in [0.29, 0.717) is 18.7 Å². The molecule has 0 unspecified atom stereocenters. The fraction of sp³-hybridized carbons (Fsp3) is 0.556. The zero-order chi connectivity index (χ0) is 17.9. The number of amides is 1. The molecule has 0 aliphatic rings. The van der Waals surface area contributed by atoms with Gasteiger partial charge in [-0.2, -0.15) is 0 Å². The van der Waals surface area contributed by atoms with Gasteiger partial charge in [0.2, 0.25) is 6.10 Å². The second kappa shape index (κ2) is 10.6. The van der Waals surface area contributed by atoms with E-state index in [0.717, 1.165) is 18.6 Å². The van der Waals surface area contributed by atoms with Crippen molar-refractivity contribution in [1.29, 1.82) is 0 Å². The average Bonchev–Trinajstić information content (AvgIpc) is 2.54. The van der Waals surface area contributed by atoms with Gasteiger partial charge in [0.15, 0.2) is 0 Å². The van der Waals surface area contributed by atoms with Crippen molar-refractivity contribution in [2.45, 2.75) is 59.2 Å². The van der Waals surface area contributed by atoms with Crippen LogP contribution in [0.4, 0.5) is 4.39 Å². The van der Waals surface area contributed by atoms with Gasteiger partial charge in [0.25, 0.3) is 5.91 Å². The highest BCUT2D eigenvalue weighted by molar-refractivity contribution is 5.81. The molecule has 1 aromatic carbocycles. The molecule has 0 fully saturated rings. The lowest BCUT2D eigenvalue weighted by atomic mass is 10.1. The highest BCUT2D eigenvalue weighted by Crippen LogP contribution is 2.13. The smallest absolute Gasteiger partial charge is 0.264 e. The van der Waals surface area contributed by atoms with Crippen molar-refractivity contribution in [3.8, 4) is 5.75 Å². The van der Waals surface area contributed by atoms with Crippen molar-refractivity contribution >= 4 is 11.6 Å². The maximum absolute atomic E-state index is 12.9. The number of halogens is 1. The fourth-order valence-electron chi connectivity index (χ4n) is 1.94. The summed E-state index contributed by atoms with van der Waals surface area (Å²) in [4.78, 5) is 17.6. The summed E-state index contributed by atoms with van der Waals surface area (Å²) in [7, 11) is 0. The summed E-state index contributed by atoms with van der Waals surface area (Å²) in [6.45, 7) is 7.85. The van der Waals surface area contributed by atoms with Gasteiger partial charge in [0.05, 0.1) is 12.3 Å². The van der Waals surface area contributed by atoms with Gasteiger partial charge in [-0.1, -0.05) is 18.5 Å². The largest absolute Gasteiger partial charge is 0.489 e. The number of ether oxygens (including phenoxy) is 1. The summed E-state index contributed by atoms with van der Waals surface area (Å²) >= 11 is 0. The third-order valence-corrected chi connectivity index (χ3v) is 3.19. The lowest BCUT2D eigenvalue weighted by Crippen LogP contribution is -2.40. The predicted molar refractivity (Wildman–Crippen MR) is 92.7 cm³/mol. The van der Waals surface area contributed by atoms with Crippen LogP contribution in [0.25, 0.3) is 0 Å². The minimum absolute atomic E-state index is 0.206. The zero-order valence-electron chi connectivity index (χ0n) is 14.8. The molecule has 0 spiro atoms. The minimum Gasteiger partial charge on any atom is -0.489 e. The van der Waals surface area contributed by atoms with Crippen molar-refractivity contribution in [3.63, 3.8) is 0 Å². The van der Waals surface area contributed by atoms with Gasteiger partial charge < -0.3 is 14.9 Å². The van der Waals surface area contributed by atoms with Crippen molar-refractivity contribution < 1.29 is 18.8 Å². The van der Waals surface area contributed by atoms with E-state index in [4.69, 9.17) is 9.57 Å². The number of rotatable bonds is 10. The lowest BCUT2D eigenvalue weighted by Gasteiger charge is -2.18. The number of nitrogens with zero attached hydrogens (tertiary/aromatic N) is 1. The van der Waals surface area contributed by atoms with Gasteiger partial charge in [0.1, 0.15) is 17.7 Å². The van der Waals surface area contributed by atoms with Crippen molar-refractivity contribution in [3.05, 3.63) is 30.1 Å². The molecule has 134 valence electrons. The molecule has 0 radical (unpaired) electrons. The minimum atomic E-state index is -0.599. The van der Waals surface area contributed by atoms with Crippen LogP contribution >= 0.6 is 0 Å². The molecule has 0 saturated heterocycles. The zero-order valence-corrected chi connectivity index (χ0v) is 14.8. The van der Waals surface area contributed by atoms with Gasteiger partial charge in [-0.3, -0.25) is 4.79 Å². The van der Waals surface area contributed by atoms with Crippen LogP contribution in [-0.4, -0.2) is 30.4 Å². The second-order valence-electron chi connectivity index (χ2n) is 5.90. The molecule has 0 aliphatic carbocycles. The molecule has 0 saturated carbocycles. The van der Waals surface area contributed by atoms with Gasteiger partial charge in [-0.05, 0) is 57.9 Å². The second-order valence-corrected chi connectivity index (χ2v) is 5.90. The molecule has 0 heterocycles. The fourth-order valence-corrected chi connectivity index (χ4v) is 1.94. The molecular weight excluding hydrogens is 311 g/mol. The SMILES string of the molecule is CCCC[C@@H](ON=C(C)C)C(=O)NC[C@H](C)Oc1ccc(F)cc1. The first-order valence-electron chi connectivity index (χ1n) is 8.29. The Morgan fingerprint density at radius 2 is 1.96 bits per heavy atom. The Morgan fingerprint density at radius 3 is 2.54 bits per heavy atom. The van der Waals surface area contributed by atoms with Crippen LogP contribution in [0.3, 0.4) is 0 Å². The lowest BCUT2D eigenvalue weighted by molar-refractivity contribution is -0.133. The van der Waals surface area contributed by atoms with E-state index in [2.05, 4.69) is 17.4 Å². The molecule has 2 atom stereocenters. The van der Waals surface area contributed by atoms with E-state index in [-0.39, 0.29) is 17.8 Å². The molecule has 0 bridgehead atoms. The number of benzene rings is 1. The number of oxime groups is 1. The molecule has 1 amide bonds. The van der Waals surface area contributed by atoms with Crippen LogP contribution in [0.1, 0.15) is 47.0 Å². The predicted octanol–water partition coefficient (Wildman–Crippen LogP) is 3.68. The highest BCUT2D eigenvalue weighted by atomic mass is 19.1. The maximum atomic E-state index is 12.9. The van der Waals surface area contributed by atoms with Crippen molar-refractivity contribution in [2.75, 3.05) is 6.54 Å². The molecule has 5 nitrogen and oxygen atoms in total. The Labute approximate surface area is 143 Å². The monoisotopic (exact) mass is 338 g/mol. The van der Waals surface area contributed by atoms with E-state index < -0.39 is 6.10 Å². The number of hydrogen-bond acceptors (Lipinski definition) is 4. The Balaban J connectivity index is 2.47. The number of carbonyl (C=O) groups is 1. The maximum Gasteiger partial charge on any atom is 0.264 e. The third-order valence-electron chi connectivity index (χ3n) is 3.19. The average molecular weight is 338 g/mol. The number of hydrogen-bond donors (Lipinski definition) is 1. The van der Waals surface area contributed by atoms with E-state index in [1.54, 1.807) is 12.1 Å². The molecule has 24 heavy (non-hydrogen) atoms. The quantitative estimate of drug-likeness (QED) is 0.523. The normalized spacial score (nSPS) is 12.9. The van der Waals surface area contributed by atoms with Crippen molar-refractivity contribution in [1.82, 2.24) is 5.32 Å². The van der Waals surface area contributed by atoms with Crippen LogP contribution in [0.2, 0.25) is 0 Å². The van der Waals surface area contributed by atoms with E-state index in [9.17, 15) is 9.18 Å². The summed E-state index contributed by atoms with van der Waals surface area (Å²) in [5.41, 5.74) is 0.761.